The van der Waals surface area contributed by atoms with Crippen LogP contribution < -0.4 is 10.6 Å². The number of fused-ring (bicyclic) bond motifs is 1. The van der Waals surface area contributed by atoms with Crippen LogP contribution in [0.3, 0.4) is 0 Å². The first kappa shape index (κ1) is 16.6. The molecule has 0 aromatic heterocycles. The summed E-state index contributed by atoms with van der Waals surface area (Å²) in [5.41, 5.74) is 2.52. The predicted octanol–water partition coefficient (Wildman–Crippen LogP) is 1.58. The average molecular weight is 341 g/mol. The summed E-state index contributed by atoms with van der Waals surface area (Å²) in [5, 5.41) is 6.29. The summed E-state index contributed by atoms with van der Waals surface area (Å²) < 4.78 is 0. The SMILES string of the molecule is O=C(CN1CCC(NC(=O)[C@H]2CCc3ccccc32)CC1)NC1CC1. The molecule has 1 saturated heterocycles. The van der Waals surface area contributed by atoms with Crippen LogP contribution in [0.15, 0.2) is 24.3 Å². The highest BCUT2D eigenvalue weighted by Crippen LogP contribution is 2.33. The summed E-state index contributed by atoms with van der Waals surface area (Å²) in [4.78, 5) is 26.8. The molecule has 25 heavy (non-hydrogen) atoms. The molecule has 1 atom stereocenters. The number of carbonyl (C=O) groups is 2. The molecule has 5 nitrogen and oxygen atoms in total. The number of rotatable bonds is 5. The van der Waals surface area contributed by atoms with Gasteiger partial charge in [-0.05, 0) is 49.7 Å². The highest BCUT2D eigenvalue weighted by atomic mass is 16.2. The van der Waals surface area contributed by atoms with Crippen molar-refractivity contribution in [3.63, 3.8) is 0 Å². The molecule has 1 saturated carbocycles. The van der Waals surface area contributed by atoms with E-state index in [0.29, 0.717) is 12.6 Å². The maximum absolute atomic E-state index is 12.7. The highest BCUT2D eigenvalue weighted by Gasteiger charge is 2.31. The molecule has 2 N–H and O–H groups in total. The molecule has 2 amide bonds. The van der Waals surface area contributed by atoms with Gasteiger partial charge in [0.25, 0.3) is 0 Å². The molecule has 1 aromatic rings. The first-order valence-electron chi connectivity index (χ1n) is 9.59. The minimum atomic E-state index is 0.0125. The molecule has 0 unspecified atom stereocenters. The molecule has 1 aliphatic heterocycles. The van der Waals surface area contributed by atoms with E-state index in [-0.39, 0.29) is 23.8 Å². The Hall–Kier alpha value is -1.88. The van der Waals surface area contributed by atoms with Crippen molar-refractivity contribution in [2.75, 3.05) is 19.6 Å². The number of amides is 2. The van der Waals surface area contributed by atoms with Crippen LogP contribution in [-0.4, -0.2) is 48.4 Å². The van der Waals surface area contributed by atoms with Crippen molar-refractivity contribution >= 4 is 11.8 Å². The summed E-state index contributed by atoms with van der Waals surface area (Å²) >= 11 is 0. The molecule has 4 rings (SSSR count). The molecular weight excluding hydrogens is 314 g/mol. The van der Waals surface area contributed by atoms with Gasteiger partial charge >= 0.3 is 0 Å². The van der Waals surface area contributed by atoms with Crippen LogP contribution in [0.5, 0.6) is 0 Å². The van der Waals surface area contributed by atoms with Gasteiger partial charge in [-0.25, -0.2) is 0 Å². The van der Waals surface area contributed by atoms with Gasteiger partial charge in [0, 0.05) is 25.2 Å². The van der Waals surface area contributed by atoms with Crippen molar-refractivity contribution in [1.29, 1.82) is 0 Å². The third-order valence-electron chi connectivity index (χ3n) is 5.69. The number of carbonyl (C=O) groups excluding carboxylic acids is 2. The summed E-state index contributed by atoms with van der Waals surface area (Å²) in [6.45, 7) is 2.25. The molecular formula is C20H27N3O2. The van der Waals surface area contributed by atoms with E-state index in [1.807, 2.05) is 12.1 Å². The van der Waals surface area contributed by atoms with Gasteiger partial charge < -0.3 is 10.6 Å². The van der Waals surface area contributed by atoms with Crippen molar-refractivity contribution in [3.8, 4) is 0 Å². The average Bonchev–Trinajstić information content (AvgIpc) is 3.31. The first-order chi connectivity index (χ1) is 12.2. The van der Waals surface area contributed by atoms with Crippen molar-refractivity contribution in [2.24, 2.45) is 0 Å². The topological polar surface area (TPSA) is 61.4 Å². The molecule has 134 valence electrons. The first-order valence-corrected chi connectivity index (χ1v) is 9.59. The maximum atomic E-state index is 12.7. The van der Waals surface area contributed by atoms with E-state index in [4.69, 9.17) is 0 Å². The number of nitrogens with one attached hydrogen (secondary N) is 2. The van der Waals surface area contributed by atoms with Crippen LogP contribution in [-0.2, 0) is 16.0 Å². The lowest BCUT2D eigenvalue weighted by molar-refractivity contribution is -0.125. The van der Waals surface area contributed by atoms with E-state index in [1.54, 1.807) is 0 Å². The molecule has 2 fully saturated rings. The lowest BCUT2D eigenvalue weighted by Gasteiger charge is -2.32. The zero-order valence-corrected chi connectivity index (χ0v) is 14.7. The number of piperidine rings is 1. The van der Waals surface area contributed by atoms with E-state index in [9.17, 15) is 9.59 Å². The Morgan fingerprint density at radius 1 is 0.960 bits per heavy atom. The van der Waals surface area contributed by atoms with E-state index in [2.05, 4.69) is 27.7 Å². The Labute approximate surface area is 149 Å². The zero-order chi connectivity index (χ0) is 17.2. The second-order valence-corrected chi connectivity index (χ2v) is 7.69. The fourth-order valence-corrected chi connectivity index (χ4v) is 4.07. The second-order valence-electron chi connectivity index (χ2n) is 7.69. The molecule has 5 heteroatoms. The number of benzene rings is 1. The monoisotopic (exact) mass is 341 g/mol. The van der Waals surface area contributed by atoms with Crippen molar-refractivity contribution in [3.05, 3.63) is 35.4 Å². The minimum absolute atomic E-state index is 0.0125. The van der Waals surface area contributed by atoms with Crippen molar-refractivity contribution in [2.45, 2.75) is 56.5 Å². The second kappa shape index (κ2) is 7.16. The molecule has 1 heterocycles. The Kier molecular flexibility index (Phi) is 4.75. The Balaban J connectivity index is 1.23. The smallest absolute Gasteiger partial charge is 0.234 e. The lowest BCUT2D eigenvalue weighted by atomic mass is 9.98. The van der Waals surface area contributed by atoms with Gasteiger partial charge in [-0.2, -0.15) is 0 Å². The van der Waals surface area contributed by atoms with Crippen LogP contribution in [0.4, 0.5) is 0 Å². The summed E-state index contributed by atoms with van der Waals surface area (Å²) in [6.07, 6.45) is 6.04. The Bertz CT molecular complexity index is 648. The predicted molar refractivity (Wildman–Crippen MR) is 96.3 cm³/mol. The zero-order valence-electron chi connectivity index (χ0n) is 14.7. The van der Waals surface area contributed by atoms with Crippen LogP contribution in [0.2, 0.25) is 0 Å². The van der Waals surface area contributed by atoms with Gasteiger partial charge in [0.15, 0.2) is 0 Å². The number of hydrogen-bond donors (Lipinski definition) is 2. The van der Waals surface area contributed by atoms with Gasteiger partial charge in [0.05, 0.1) is 12.5 Å². The van der Waals surface area contributed by atoms with Crippen molar-refractivity contribution < 1.29 is 9.59 Å². The number of aryl methyl sites for hydroxylation is 1. The molecule has 0 bridgehead atoms. The van der Waals surface area contributed by atoms with Gasteiger partial charge in [-0.3, -0.25) is 14.5 Å². The Morgan fingerprint density at radius 2 is 1.68 bits per heavy atom. The summed E-state index contributed by atoms with van der Waals surface area (Å²) in [7, 11) is 0. The van der Waals surface area contributed by atoms with Gasteiger partial charge in [-0.15, -0.1) is 0 Å². The van der Waals surface area contributed by atoms with Crippen molar-refractivity contribution in [1.82, 2.24) is 15.5 Å². The third-order valence-corrected chi connectivity index (χ3v) is 5.69. The lowest BCUT2D eigenvalue weighted by Crippen LogP contribution is -2.48. The minimum Gasteiger partial charge on any atom is -0.353 e. The van der Waals surface area contributed by atoms with E-state index in [0.717, 1.165) is 51.6 Å². The van der Waals surface area contributed by atoms with Gasteiger partial charge in [0.2, 0.25) is 11.8 Å². The van der Waals surface area contributed by atoms with Gasteiger partial charge in [-0.1, -0.05) is 24.3 Å². The maximum Gasteiger partial charge on any atom is 0.234 e. The molecule has 0 spiro atoms. The van der Waals surface area contributed by atoms with Crippen LogP contribution in [0.1, 0.15) is 49.1 Å². The van der Waals surface area contributed by atoms with Crippen LogP contribution in [0.25, 0.3) is 0 Å². The summed E-state index contributed by atoms with van der Waals surface area (Å²) in [5.74, 6) is 0.334. The van der Waals surface area contributed by atoms with E-state index in [1.165, 1.54) is 11.1 Å². The highest BCUT2D eigenvalue weighted by molar-refractivity contribution is 5.85. The van der Waals surface area contributed by atoms with E-state index >= 15 is 0 Å². The number of nitrogens with zero attached hydrogens (tertiary/aromatic N) is 1. The summed E-state index contributed by atoms with van der Waals surface area (Å²) in [6, 6.07) is 8.97. The van der Waals surface area contributed by atoms with E-state index < -0.39 is 0 Å². The Morgan fingerprint density at radius 3 is 2.44 bits per heavy atom. The van der Waals surface area contributed by atoms with Gasteiger partial charge in [0.1, 0.15) is 0 Å². The quantitative estimate of drug-likeness (QED) is 0.855. The molecule has 0 radical (unpaired) electrons. The number of hydrogen-bond acceptors (Lipinski definition) is 3. The fourth-order valence-electron chi connectivity index (χ4n) is 4.07. The van der Waals surface area contributed by atoms with Crippen LogP contribution in [0, 0.1) is 0 Å². The standard InChI is InChI=1S/C20H27N3O2/c24-19(21-15-6-7-15)13-23-11-9-16(10-12-23)22-20(25)18-8-5-14-3-1-2-4-17(14)18/h1-4,15-16,18H,5-13H2,(H,21,24)(H,22,25)/t18-/m0/s1. The number of likely N-dealkylation sites (tertiary alicyclic amines) is 1. The normalized spacial score (nSPS) is 23.9. The fraction of sp³-hybridized carbons (Fsp3) is 0.600. The molecule has 2 aliphatic carbocycles. The van der Waals surface area contributed by atoms with Crippen LogP contribution >= 0.6 is 0 Å². The molecule has 3 aliphatic rings. The molecule has 1 aromatic carbocycles. The largest absolute Gasteiger partial charge is 0.353 e. The third kappa shape index (κ3) is 4.03.